The number of benzene rings is 1. The molecule has 0 radical (unpaired) electrons. The summed E-state index contributed by atoms with van der Waals surface area (Å²) in [6, 6.07) is 9.46. The van der Waals surface area contributed by atoms with E-state index in [-0.39, 0.29) is 12.0 Å². The Morgan fingerprint density at radius 2 is 2.00 bits per heavy atom. The first-order chi connectivity index (χ1) is 8.13. The Hall–Kier alpha value is -1.43. The van der Waals surface area contributed by atoms with E-state index in [1.54, 1.807) is 26.2 Å². The molecule has 1 aromatic rings. The molecule has 0 spiro atoms. The van der Waals surface area contributed by atoms with Crippen LogP contribution in [0.25, 0.3) is 0 Å². The summed E-state index contributed by atoms with van der Waals surface area (Å²) in [7, 11) is 5.24. The van der Waals surface area contributed by atoms with Crippen LogP contribution in [0.2, 0.25) is 0 Å². The molecule has 1 aromatic carbocycles. The van der Waals surface area contributed by atoms with Crippen LogP contribution in [0.4, 0.5) is 0 Å². The topological polar surface area (TPSA) is 53.6 Å². The highest BCUT2D eigenvalue weighted by molar-refractivity contribution is 5.75. The molecule has 0 saturated heterocycles. The molecule has 0 aliphatic carbocycles. The highest BCUT2D eigenvalue weighted by Gasteiger charge is 2.18. The molecule has 0 aliphatic heterocycles. The first-order valence-electron chi connectivity index (χ1n) is 5.48. The summed E-state index contributed by atoms with van der Waals surface area (Å²) in [6.45, 7) is 0. The van der Waals surface area contributed by atoms with Gasteiger partial charge in [0.05, 0.1) is 0 Å². The molecule has 5 heteroatoms. The summed E-state index contributed by atoms with van der Waals surface area (Å²) in [5.74, 6) is -0.329. The summed E-state index contributed by atoms with van der Waals surface area (Å²) in [6.07, 6.45) is 0.602. The van der Waals surface area contributed by atoms with Crippen molar-refractivity contribution in [3.8, 4) is 0 Å². The van der Waals surface area contributed by atoms with E-state index < -0.39 is 0 Å². The minimum absolute atomic E-state index is 0.329. The second-order valence-corrected chi connectivity index (χ2v) is 3.94. The smallest absolute Gasteiger partial charge is 0.343 e. The lowest BCUT2D eigenvalue weighted by Crippen LogP contribution is -2.42. The fourth-order valence-corrected chi connectivity index (χ4v) is 1.36. The van der Waals surface area contributed by atoms with E-state index in [1.165, 1.54) is 0 Å². The summed E-state index contributed by atoms with van der Waals surface area (Å²) >= 11 is 0. The molecular weight excluding hydrogens is 218 g/mol. The number of carbonyl (C=O) groups is 1. The van der Waals surface area contributed by atoms with Crippen molar-refractivity contribution in [2.45, 2.75) is 12.5 Å². The Balaban J connectivity index is 2.51. The van der Waals surface area contributed by atoms with Crippen LogP contribution in [0.15, 0.2) is 30.3 Å². The fraction of sp³-hybridized carbons (Fsp3) is 0.417. The van der Waals surface area contributed by atoms with Crippen molar-refractivity contribution in [3.05, 3.63) is 35.9 Å². The van der Waals surface area contributed by atoms with E-state index in [1.807, 2.05) is 30.3 Å². The Labute approximate surface area is 102 Å². The summed E-state index contributed by atoms with van der Waals surface area (Å²) in [5.41, 5.74) is 3.58. The molecule has 1 atom stereocenters. The quantitative estimate of drug-likeness (QED) is 0.699. The van der Waals surface area contributed by atoms with Crippen LogP contribution in [0.3, 0.4) is 0 Å². The lowest BCUT2D eigenvalue weighted by atomic mass is 10.1. The van der Waals surface area contributed by atoms with Gasteiger partial charge >= 0.3 is 5.97 Å². The van der Waals surface area contributed by atoms with E-state index in [0.29, 0.717) is 6.42 Å². The van der Waals surface area contributed by atoms with Gasteiger partial charge in [0.1, 0.15) is 6.04 Å². The maximum atomic E-state index is 11.7. The minimum Gasteiger partial charge on any atom is -0.354 e. The van der Waals surface area contributed by atoms with Crippen LogP contribution in [0, 0.1) is 0 Å². The minimum atomic E-state index is -0.357. The molecule has 0 heterocycles. The number of hydrogen-bond donors (Lipinski definition) is 2. The highest BCUT2D eigenvalue weighted by atomic mass is 16.7. The van der Waals surface area contributed by atoms with Crippen LogP contribution in [-0.4, -0.2) is 38.2 Å². The second kappa shape index (κ2) is 7.01. The van der Waals surface area contributed by atoms with Gasteiger partial charge in [-0.1, -0.05) is 35.9 Å². The number of hydrogen-bond acceptors (Lipinski definition) is 5. The van der Waals surface area contributed by atoms with E-state index in [9.17, 15) is 4.79 Å². The number of likely N-dealkylation sites (N-methyl/N-ethyl adjacent to an activating group) is 1. The number of rotatable bonds is 6. The van der Waals surface area contributed by atoms with Crippen molar-refractivity contribution in [1.29, 1.82) is 0 Å². The summed E-state index contributed by atoms with van der Waals surface area (Å²) in [5, 5.41) is 4.50. The van der Waals surface area contributed by atoms with Gasteiger partial charge in [-0.15, -0.1) is 0 Å². The predicted octanol–water partition coefficient (Wildman–Crippen LogP) is 0.341. The maximum Gasteiger partial charge on any atom is 0.343 e. The highest BCUT2D eigenvalue weighted by Crippen LogP contribution is 2.03. The van der Waals surface area contributed by atoms with Crippen LogP contribution < -0.4 is 10.9 Å². The first kappa shape index (κ1) is 13.6. The number of carbonyl (C=O) groups excluding carboxylic acids is 1. The first-order valence-corrected chi connectivity index (χ1v) is 5.48. The molecule has 17 heavy (non-hydrogen) atoms. The number of hydrazine groups is 1. The van der Waals surface area contributed by atoms with E-state index in [4.69, 9.17) is 4.84 Å². The zero-order valence-electron chi connectivity index (χ0n) is 10.4. The van der Waals surface area contributed by atoms with Crippen molar-refractivity contribution in [1.82, 2.24) is 15.9 Å². The maximum absolute atomic E-state index is 11.7. The average Bonchev–Trinajstić information content (AvgIpc) is 2.34. The standard InChI is InChI=1S/C12H19N3O2/c1-13-11(12(16)17-14-15(2)3)9-10-7-5-4-6-8-10/h4-8,11,13-14H,9H2,1-3H3/t11-/m1/s1. The van der Waals surface area contributed by atoms with Gasteiger partial charge in [0, 0.05) is 14.1 Å². The van der Waals surface area contributed by atoms with Crippen molar-refractivity contribution >= 4 is 5.97 Å². The molecule has 0 fully saturated rings. The van der Waals surface area contributed by atoms with Gasteiger partial charge in [-0.25, -0.2) is 9.80 Å². The molecule has 0 amide bonds. The Morgan fingerprint density at radius 3 is 2.53 bits per heavy atom. The van der Waals surface area contributed by atoms with Crippen LogP contribution in [0.1, 0.15) is 5.56 Å². The van der Waals surface area contributed by atoms with E-state index in [2.05, 4.69) is 10.9 Å². The monoisotopic (exact) mass is 237 g/mol. The van der Waals surface area contributed by atoms with E-state index >= 15 is 0 Å². The Morgan fingerprint density at radius 1 is 1.35 bits per heavy atom. The zero-order valence-corrected chi connectivity index (χ0v) is 10.4. The van der Waals surface area contributed by atoms with Crippen LogP contribution in [-0.2, 0) is 16.1 Å². The molecule has 1 rings (SSSR count). The molecule has 0 bridgehead atoms. The lowest BCUT2D eigenvalue weighted by Gasteiger charge is -2.17. The third kappa shape index (κ3) is 4.95. The molecule has 0 aromatic heterocycles. The van der Waals surface area contributed by atoms with Crippen molar-refractivity contribution in [2.24, 2.45) is 0 Å². The van der Waals surface area contributed by atoms with Gasteiger partial charge in [0.25, 0.3) is 0 Å². The lowest BCUT2D eigenvalue weighted by molar-refractivity contribution is -0.164. The summed E-state index contributed by atoms with van der Waals surface area (Å²) < 4.78 is 0. The largest absolute Gasteiger partial charge is 0.354 e. The number of nitrogens with zero attached hydrogens (tertiary/aromatic N) is 1. The Bertz CT molecular complexity index is 341. The molecule has 5 nitrogen and oxygen atoms in total. The predicted molar refractivity (Wildman–Crippen MR) is 65.9 cm³/mol. The SMILES string of the molecule is CN[C@H](Cc1ccccc1)C(=O)ONN(C)C. The summed E-state index contributed by atoms with van der Waals surface area (Å²) in [4.78, 5) is 16.6. The molecule has 94 valence electrons. The molecule has 0 aliphatic rings. The molecular formula is C12H19N3O2. The fourth-order valence-electron chi connectivity index (χ4n) is 1.36. The van der Waals surface area contributed by atoms with Crippen molar-refractivity contribution in [2.75, 3.05) is 21.1 Å². The molecule has 2 N–H and O–H groups in total. The van der Waals surface area contributed by atoms with Gasteiger partial charge in [0.2, 0.25) is 0 Å². The zero-order chi connectivity index (χ0) is 12.7. The molecule has 0 saturated carbocycles. The van der Waals surface area contributed by atoms with Crippen LogP contribution >= 0.6 is 0 Å². The van der Waals surface area contributed by atoms with Gasteiger partial charge in [-0.2, -0.15) is 0 Å². The second-order valence-electron chi connectivity index (χ2n) is 3.94. The third-order valence-corrected chi connectivity index (χ3v) is 2.24. The third-order valence-electron chi connectivity index (χ3n) is 2.24. The van der Waals surface area contributed by atoms with Crippen molar-refractivity contribution in [3.63, 3.8) is 0 Å². The number of nitrogens with one attached hydrogen (secondary N) is 2. The van der Waals surface area contributed by atoms with Gasteiger partial charge < -0.3 is 10.2 Å². The normalized spacial score (nSPS) is 12.5. The van der Waals surface area contributed by atoms with E-state index in [0.717, 1.165) is 5.56 Å². The average molecular weight is 237 g/mol. The molecule has 0 unspecified atom stereocenters. The van der Waals surface area contributed by atoms with Gasteiger partial charge in [0.15, 0.2) is 0 Å². The van der Waals surface area contributed by atoms with Crippen molar-refractivity contribution < 1.29 is 9.63 Å². The van der Waals surface area contributed by atoms with Gasteiger partial charge in [-0.3, -0.25) is 0 Å². The Kier molecular flexibility index (Phi) is 5.62. The van der Waals surface area contributed by atoms with Crippen LogP contribution in [0.5, 0.6) is 0 Å². The van der Waals surface area contributed by atoms with Gasteiger partial charge in [-0.05, 0) is 19.0 Å².